The van der Waals surface area contributed by atoms with E-state index >= 15 is 0 Å². The molecule has 0 bridgehead atoms. The van der Waals surface area contributed by atoms with Gasteiger partial charge in [0, 0.05) is 13.1 Å². The van der Waals surface area contributed by atoms with Crippen molar-refractivity contribution >= 4 is 11.9 Å². The first kappa shape index (κ1) is 5.61. The van der Waals surface area contributed by atoms with Crippen molar-refractivity contribution in [1.82, 2.24) is 5.32 Å². The number of carbonyl (C=O) groups is 2. The molecule has 0 fully saturated rings. The minimum atomic E-state index is -0.481. The van der Waals surface area contributed by atoms with Crippen LogP contribution in [0.5, 0.6) is 0 Å². The summed E-state index contributed by atoms with van der Waals surface area (Å²) in [7, 11) is 0. The second-order valence-electron chi connectivity index (χ2n) is 2.24. The molecule has 0 unspecified atom stereocenters. The predicted octanol–water partition coefficient (Wildman–Crippen LogP) is -1.03. The van der Waals surface area contributed by atoms with E-state index in [2.05, 4.69) is 10.1 Å². The van der Waals surface area contributed by atoms with Crippen molar-refractivity contribution in [2.24, 2.45) is 0 Å². The van der Waals surface area contributed by atoms with Gasteiger partial charge in [0.2, 0.25) is 0 Å². The molecule has 2 rings (SSSR count). The maximum atomic E-state index is 10.7. The van der Waals surface area contributed by atoms with Crippen LogP contribution in [0.4, 0.5) is 0 Å². The molecule has 4 heteroatoms. The Hall–Kier alpha value is -1.16. The molecule has 2 aliphatic rings. The molecule has 10 heavy (non-hydrogen) atoms. The fraction of sp³-hybridized carbons (Fsp3) is 0.333. The number of esters is 2. The van der Waals surface area contributed by atoms with Crippen LogP contribution in [0.2, 0.25) is 0 Å². The van der Waals surface area contributed by atoms with Gasteiger partial charge in [-0.3, -0.25) is 0 Å². The fourth-order valence-corrected chi connectivity index (χ4v) is 1.12. The van der Waals surface area contributed by atoms with E-state index in [1.165, 1.54) is 0 Å². The van der Waals surface area contributed by atoms with Crippen LogP contribution in [0, 0.1) is 0 Å². The second-order valence-corrected chi connectivity index (χ2v) is 2.24. The molecule has 0 aliphatic carbocycles. The number of cyclic esters (lactones) is 2. The average molecular weight is 139 g/mol. The first-order chi connectivity index (χ1) is 4.79. The molecule has 0 saturated heterocycles. The van der Waals surface area contributed by atoms with E-state index in [0.717, 1.165) is 0 Å². The van der Waals surface area contributed by atoms with Crippen LogP contribution in [0.25, 0.3) is 0 Å². The van der Waals surface area contributed by atoms with Gasteiger partial charge >= 0.3 is 11.9 Å². The molecule has 52 valence electrons. The SMILES string of the molecule is O=C1OC(=O)C2=C1CNC2. The Balaban J connectivity index is 2.45. The van der Waals surface area contributed by atoms with Crippen LogP contribution in [0.1, 0.15) is 0 Å². The van der Waals surface area contributed by atoms with Crippen LogP contribution in [-0.4, -0.2) is 25.0 Å². The van der Waals surface area contributed by atoms with Gasteiger partial charge in [-0.25, -0.2) is 9.59 Å². The van der Waals surface area contributed by atoms with Crippen molar-refractivity contribution < 1.29 is 14.3 Å². The summed E-state index contributed by atoms with van der Waals surface area (Å²) in [4.78, 5) is 21.5. The van der Waals surface area contributed by atoms with Crippen molar-refractivity contribution in [3.05, 3.63) is 11.1 Å². The Morgan fingerprint density at radius 3 is 2.10 bits per heavy atom. The summed E-state index contributed by atoms with van der Waals surface area (Å²) in [5.74, 6) is -0.963. The molecular formula is C6H5NO3. The zero-order valence-corrected chi connectivity index (χ0v) is 5.14. The predicted molar refractivity (Wildman–Crippen MR) is 31.0 cm³/mol. The highest BCUT2D eigenvalue weighted by atomic mass is 16.6. The molecule has 0 aromatic carbocycles. The quantitative estimate of drug-likeness (QED) is 0.344. The zero-order valence-electron chi connectivity index (χ0n) is 5.14. The standard InChI is InChI=1S/C6H5NO3/c8-5-3-1-7-2-4(3)6(9)10-5/h7H,1-2H2. The van der Waals surface area contributed by atoms with E-state index in [4.69, 9.17) is 0 Å². The lowest BCUT2D eigenvalue weighted by molar-refractivity contribution is -0.151. The van der Waals surface area contributed by atoms with Gasteiger partial charge in [-0.05, 0) is 0 Å². The molecule has 2 aliphatic heterocycles. The van der Waals surface area contributed by atoms with E-state index in [0.29, 0.717) is 24.2 Å². The molecule has 0 saturated carbocycles. The summed E-state index contributed by atoms with van der Waals surface area (Å²) in [6.07, 6.45) is 0. The summed E-state index contributed by atoms with van der Waals surface area (Å²) < 4.78 is 4.34. The smallest absolute Gasteiger partial charge is 0.343 e. The molecule has 0 amide bonds. The van der Waals surface area contributed by atoms with Crippen molar-refractivity contribution in [2.45, 2.75) is 0 Å². The maximum Gasteiger partial charge on any atom is 0.343 e. The highest BCUT2D eigenvalue weighted by molar-refractivity contribution is 6.13. The van der Waals surface area contributed by atoms with Gasteiger partial charge in [-0.1, -0.05) is 0 Å². The lowest BCUT2D eigenvalue weighted by Gasteiger charge is -1.95. The zero-order chi connectivity index (χ0) is 7.14. The van der Waals surface area contributed by atoms with Crippen molar-refractivity contribution in [1.29, 1.82) is 0 Å². The third-order valence-electron chi connectivity index (χ3n) is 1.65. The van der Waals surface area contributed by atoms with E-state index in [9.17, 15) is 9.59 Å². The second kappa shape index (κ2) is 1.67. The lowest BCUT2D eigenvalue weighted by Crippen LogP contribution is -2.18. The Bertz CT molecular complexity index is 230. The highest BCUT2D eigenvalue weighted by Gasteiger charge is 2.35. The number of nitrogens with one attached hydrogen (secondary N) is 1. The summed E-state index contributed by atoms with van der Waals surface area (Å²) in [6.45, 7) is 0.944. The minimum absolute atomic E-state index is 0.472. The molecule has 1 N–H and O–H groups in total. The summed E-state index contributed by atoms with van der Waals surface area (Å²) >= 11 is 0. The Morgan fingerprint density at radius 2 is 1.60 bits per heavy atom. The number of hydrogen-bond acceptors (Lipinski definition) is 4. The number of rotatable bonds is 0. The number of ether oxygens (including phenoxy) is 1. The normalized spacial score (nSPS) is 23.6. The molecular weight excluding hydrogens is 134 g/mol. The van der Waals surface area contributed by atoms with Gasteiger partial charge in [-0.2, -0.15) is 0 Å². The molecule has 0 radical (unpaired) electrons. The summed E-state index contributed by atoms with van der Waals surface area (Å²) in [5, 5.41) is 2.89. The monoisotopic (exact) mass is 139 g/mol. The first-order valence-corrected chi connectivity index (χ1v) is 2.98. The molecule has 0 spiro atoms. The van der Waals surface area contributed by atoms with Gasteiger partial charge in [0.05, 0.1) is 11.1 Å². The molecule has 4 nitrogen and oxygen atoms in total. The van der Waals surface area contributed by atoms with E-state index < -0.39 is 11.9 Å². The topological polar surface area (TPSA) is 55.4 Å². The van der Waals surface area contributed by atoms with Crippen LogP contribution in [-0.2, 0) is 14.3 Å². The van der Waals surface area contributed by atoms with Crippen LogP contribution in [0.15, 0.2) is 11.1 Å². The van der Waals surface area contributed by atoms with Gasteiger partial charge in [0.1, 0.15) is 0 Å². The van der Waals surface area contributed by atoms with Gasteiger partial charge in [-0.15, -0.1) is 0 Å². The lowest BCUT2D eigenvalue weighted by atomic mass is 10.2. The number of carbonyl (C=O) groups excluding carboxylic acids is 2. The Morgan fingerprint density at radius 1 is 1.10 bits per heavy atom. The Labute approximate surface area is 56.8 Å². The van der Waals surface area contributed by atoms with Crippen molar-refractivity contribution in [3.8, 4) is 0 Å². The molecule has 0 aromatic heterocycles. The van der Waals surface area contributed by atoms with Crippen molar-refractivity contribution in [2.75, 3.05) is 13.1 Å². The van der Waals surface area contributed by atoms with Crippen LogP contribution in [0.3, 0.4) is 0 Å². The van der Waals surface area contributed by atoms with Crippen LogP contribution < -0.4 is 5.32 Å². The van der Waals surface area contributed by atoms with Gasteiger partial charge < -0.3 is 10.1 Å². The van der Waals surface area contributed by atoms with Gasteiger partial charge in [0.25, 0.3) is 0 Å². The molecule has 0 atom stereocenters. The first-order valence-electron chi connectivity index (χ1n) is 2.98. The third kappa shape index (κ3) is 0.537. The van der Waals surface area contributed by atoms with E-state index in [-0.39, 0.29) is 0 Å². The number of hydrogen-bond donors (Lipinski definition) is 1. The van der Waals surface area contributed by atoms with Crippen LogP contribution >= 0.6 is 0 Å². The molecule has 2 heterocycles. The highest BCUT2D eigenvalue weighted by Crippen LogP contribution is 2.19. The summed E-state index contributed by atoms with van der Waals surface area (Å²) in [6, 6.07) is 0. The maximum absolute atomic E-state index is 10.7. The molecule has 0 aromatic rings. The fourth-order valence-electron chi connectivity index (χ4n) is 1.12. The van der Waals surface area contributed by atoms with Gasteiger partial charge in [0.15, 0.2) is 0 Å². The third-order valence-corrected chi connectivity index (χ3v) is 1.65. The largest absolute Gasteiger partial charge is 0.386 e. The average Bonchev–Trinajstić information content (AvgIpc) is 2.39. The Kier molecular flexibility index (Phi) is 0.935. The van der Waals surface area contributed by atoms with E-state index in [1.807, 2.05) is 0 Å². The summed E-state index contributed by atoms with van der Waals surface area (Å²) in [5.41, 5.74) is 1.01. The van der Waals surface area contributed by atoms with Crippen molar-refractivity contribution in [3.63, 3.8) is 0 Å². The van der Waals surface area contributed by atoms with E-state index in [1.54, 1.807) is 0 Å². The minimum Gasteiger partial charge on any atom is -0.386 e.